The summed E-state index contributed by atoms with van der Waals surface area (Å²) in [5.74, 6) is 1.31. The van der Waals surface area contributed by atoms with Gasteiger partial charge < -0.3 is 15.1 Å². The highest BCUT2D eigenvalue weighted by atomic mass is 19.1. The van der Waals surface area contributed by atoms with Crippen molar-refractivity contribution in [3.05, 3.63) is 71.9 Å². The Morgan fingerprint density at radius 3 is 2.46 bits per heavy atom. The first-order valence-electron chi connectivity index (χ1n) is 9.43. The number of piperazine rings is 1. The number of nitrogens with zero attached hydrogens (tertiary/aromatic N) is 5. The van der Waals surface area contributed by atoms with Gasteiger partial charge in [-0.05, 0) is 31.2 Å². The van der Waals surface area contributed by atoms with Crippen molar-refractivity contribution >= 4 is 17.5 Å². The number of para-hydroxylation sites is 1. The summed E-state index contributed by atoms with van der Waals surface area (Å²) in [6.45, 7) is 5.53. The Balaban J connectivity index is 1.42. The van der Waals surface area contributed by atoms with E-state index in [1.807, 2.05) is 43.3 Å². The Labute approximate surface area is 164 Å². The van der Waals surface area contributed by atoms with Crippen LogP contribution in [0.2, 0.25) is 0 Å². The Morgan fingerprint density at radius 2 is 1.71 bits per heavy atom. The van der Waals surface area contributed by atoms with Gasteiger partial charge >= 0.3 is 0 Å². The summed E-state index contributed by atoms with van der Waals surface area (Å²) in [5, 5.41) is 3.32. The van der Waals surface area contributed by atoms with Gasteiger partial charge in [0.15, 0.2) is 0 Å². The van der Waals surface area contributed by atoms with Crippen LogP contribution in [-0.2, 0) is 6.54 Å². The molecule has 7 heteroatoms. The van der Waals surface area contributed by atoms with Crippen LogP contribution in [0.5, 0.6) is 0 Å². The molecule has 0 bridgehead atoms. The molecule has 0 radical (unpaired) electrons. The molecule has 4 rings (SSSR count). The van der Waals surface area contributed by atoms with Crippen LogP contribution >= 0.6 is 0 Å². The second-order valence-corrected chi connectivity index (χ2v) is 6.79. The summed E-state index contributed by atoms with van der Waals surface area (Å²) in [6, 6.07) is 14.7. The molecule has 0 amide bonds. The van der Waals surface area contributed by atoms with Gasteiger partial charge in [-0.1, -0.05) is 18.2 Å². The van der Waals surface area contributed by atoms with Crippen molar-refractivity contribution in [2.45, 2.75) is 13.5 Å². The van der Waals surface area contributed by atoms with E-state index in [4.69, 9.17) is 0 Å². The predicted octanol–water partition coefficient (Wildman–Crippen LogP) is 3.26. The number of benzene rings is 1. The standard InChI is InChI=1S/C21H23FN6/c1-16-14-20(24-15-17-6-4-5-9-23-17)26-21(25-16)28-12-10-27(11-13-28)19-8-3-2-7-18(19)22/h2-9,14H,10-13,15H2,1H3,(H,24,25,26). The molecule has 1 aliphatic heterocycles. The van der Waals surface area contributed by atoms with E-state index in [0.717, 1.165) is 43.4 Å². The summed E-state index contributed by atoms with van der Waals surface area (Å²) in [6.07, 6.45) is 1.78. The van der Waals surface area contributed by atoms with E-state index in [2.05, 4.69) is 30.1 Å². The highest BCUT2D eigenvalue weighted by Crippen LogP contribution is 2.22. The van der Waals surface area contributed by atoms with Crippen LogP contribution < -0.4 is 15.1 Å². The van der Waals surface area contributed by atoms with Crippen LogP contribution in [0, 0.1) is 12.7 Å². The van der Waals surface area contributed by atoms with Crippen molar-refractivity contribution in [1.29, 1.82) is 0 Å². The molecule has 28 heavy (non-hydrogen) atoms. The Kier molecular flexibility index (Phi) is 5.32. The molecule has 3 heterocycles. The van der Waals surface area contributed by atoms with Gasteiger partial charge in [0, 0.05) is 44.1 Å². The van der Waals surface area contributed by atoms with Crippen LogP contribution in [0.4, 0.5) is 21.8 Å². The number of hydrogen-bond donors (Lipinski definition) is 1. The average Bonchev–Trinajstić information content (AvgIpc) is 2.73. The monoisotopic (exact) mass is 378 g/mol. The van der Waals surface area contributed by atoms with Gasteiger partial charge in [-0.2, -0.15) is 4.98 Å². The number of halogens is 1. The minimum absolute atomic E-state index is 0.177. The van der Waals surface area contributed by atoms with Crippen LogP contribution in [0.15, 0.2) is 54.7 Å². The van der Waals surface area contributed by atoms with Crippen molar-refractivity contribution in [1.82, 2.24) is 15.0 Å². The lowest BCUT2D eigenvalue weighted by Gasteiger charge is -2.36. The maximum absolute atomic E-state index is 14.0. The number of aromatic nitrogens is 3. The molecule has 0 atom stereocenters. The third-order valence-corrected chi connectivity index (χ3v) is 4.77. The Morgan fingerprint density at radius 1 is 0.964 bits per heavy atom. The van der Waals surface area contributed by atoms with E-state index >= 15 is 0 Å². The molecule has 1 fully saturated rings. The van der Waals surface area contributed by atoms with E-state index in [0.29, 0.717) is 18.2 Å². The molecule has 1 N–H and O–H groups in total. The number of hydrogen-bond acceptors (Lipinski definition) is 6. The minimum atomic E-state index is -0.177. The van der Waals surface area contributed by atoms with Crippen LogP contribution in [0.3, 0.4) is 0 Å². The largest absolute Gasteiger partial charge is 0.366 e. The molecular weight excluding hydrogens is 355 g/mol. The maximum atomic E-state index is 14.0. The van der Waals surface area contributed by atoms with E-state index in [1.165, 1.54) is 6.07 Å². The summed E-state index contributed by atoms with van der Waals surface area (Å²) in [5.41, 5.74) is 2.52. The molecular formula is C21H23FN6. The molecule has 0 spiro atoms. The highest BCUT2D eigenvalue weighted by molar-refractivity contribution is 5.50. The van der Waals surface area contributed by atoms with Crippen LogP contribution in [0.25, 0.3) is 0 Å². The maximum Gasteiger partial charge on any atom is 0.227 e. The summed E-state index contributed by atoms with van der Waals surface area (Å²) >= 11 is 0. The molecule has 144 valence electrons. The van der Waals surface area contributed by atoms with Crippen molar-refractivity contribution in [3.8, 4) is 0 Å². The molecule has 2 aromatic heterocycles. The van der Waals surface area contributed by atoms with Gasteiger partial charge in [0.2, 0.25) is 5.95 Å². The number of pyridine rings is 1. The quantitative estimate of drug-likeness (QED) is 0.736. The zero-order chi connectivity index (χ0) is 19.3. The van der Waals surface area contributed by atoms with E-state index in [9.17, 15) is 4.39 Å². The number of anilines is 3. The first-order chi connectivity index (χ1) is 13.7. The molecule has 1 saturated heterocycles. The molecule has 0 unspecified atom stereocenters. The smallest absolute Gasteiger partial charge is 0.227 e. The minimum Gasteiger partial charge on any atom is -0.366 e. The Hall–Kier alpha value is -3.22. The van der Waals surface area contributed by atoms with Crippen molar-refractivity contribution < 1.29 is 4.39 Å². The van der Waals surface area contributed by atoms with Gasteiger partial charge in [-0.25, -0.2) is 9.37 Å². The van der Waals surface area contributed by atoms with Gasteiger partial charge in [0.25, 0.3) is 0 Å². The summed E-state index contributed by atoms with van der Waals surface area (Å²) in [7, 11) is 0. The Bertz CT molecular complexity index is 925. The molecule has 0 aliphatic carbocycles. The molecule has 1 aromatic carbocycles. The van der Waals surface area contributed by atoms with Gasteiger partial charge in [0.1, 0.15) is 11.6 Å². The lowest BCUT2D eigenvalue weighted by Crippen LogP contribution is -2.47. The summed E-state index contributed by atoms with van der Waals surface area (Å²) in [4.78, 5) is 17.8. The van der Waals surface area contributed by atoms with Crippen LogP contribution in [0.1, 0.15) is 11.4 Å². The number of nitrogens with one attached hydrogen (secondary N) is 1. The van der Waals surface area contributed by atoms with Crippen molar-refractivity contribution in [2.24, 2.45) is 0 Å². The van der Waals surface area contributed by atoms with Gasteiger partial charge in [0.05, 0.1) is 17.9 Å². The summed E-state index contributed by atoms with van der Waals surface area (Å²) < 4.78 is 14.0. The highest BCUT2D eigenvalue weighted by Gasteiger charge is 2.21. The second-order valence-electron chi connectivity index (χ2n) is 6.79. The molecule has 1 aliphatic rings. The molecule has 3 aromatic rings. The van der Waals surface area contributed by atoms with E-state index in [1.54, 1.807) is 12.3 Å². The fourth-order valence-corrected chi connectivity index (χ4v) is 3.32. The lowest BCUT2D eigenvalue weighted by molar-refractivity contribution is 0.594. The third kappa shape index (κ3) is 4.19. The topological polar surface area (TPSA) is 57.2 Å². The van der Waals surface area contributed by atoms with Gasteiger partial charge in [-0.15, -0.1) is 0 Å². The zero-order valence-electron chi connectivity index (χ0n) is 15.8. The van der Waals surface area contributed by atoms with Crippen molar-refractivity contribution in [2.75, 3.05) is 41.3 Å². The van der Waals surface area contributed by atoms with Gasteiger partial charge in [-0.3, -0.25) is 4.98 Å². The van der Waals surface area contributed by atoms with E-state index in [-0.39, 0.29) is 5.82 Å². The first-order valence-corrected chi connectivity index (χ1v) is 9.43. The molecule has 0 saturated carbocycles. The van der Waals surface area contributed by atoms with E-state index < -0.39 is 0 Å². The predicted molar refractivity (Wildman–Crippen MR) is 109 cm³/mol. The fourth-order valence-electron chi connectivity index (χ4n) is 3.32. The lowest BCUT2D eigenvalue weighted by atomic mass is 10.2. The fraction of sp³-hybridized carbons (Fsp3) is 0.286. The number of rotatable bonds is 5. The van der Waals surface area contributed by atoms with Crippen molar-refractivity contribution in [3.63, 3.8) is 0 Å². The first kappa shape index (κ1) is 18.2. The number of aryl methyl sites for hydroxylation is 1. The third-order valence-electron chi connectivity index (χ3n) is 4.77. The zero-order valence-corrected chi connectivity index (χ0v) is 15.8. The average molecular weight is 378 g/mol. The molecule has 6 nitrogen and oxygen atoms in total. The SMILES string of the molecule is Cc1cc(NCc2ccccn2)nc(N2CCN(c3ccccc3F)CC2)n1. The normalized spacial score (nSPS) is 14.2. The second kappa shape index (κ2) is 8.21. The van der Waals surface area contributed by atoms with Crippen LogP contribution in [-0.4, -0.2) is 41.1 Å².